The van der Waals surface area contributed by atoms with Crippen molar-refractivity contribution in [3.8, 4) is 0 Å². The molecule has 62 valence electrons. The molecule has 1 aliphatic heterocycles. The van der Waals surface area contributed by atoms with Gasteiger partial charge in [0, 0.05) is 12.3 Å². The van der Waals surface area contributed by atoms with Crippen LogP contribution in [0.4, 0.5) is 0 Å². The lowest BCUT2D eigenvalue weighted by Crippen LogP contribution is -2.40. The van der Waals surface area contributed by atoms with E-state index in [-0.39, 0.29) is 17.6 Å². The largest absolute Gasteiger partial charge is 0.481 e. The van der Waals surface area contributed by atoms with Gasteiger partial charge < -0.3 is 10.4 Å². The Bertz CT molecular complexity index is 183. The maximum Gasteiger partial charge on any atom is 0.305 e. The Kier molecular flexibility index (Phi) is 2.76. The fraction of sp³-hybridized carbons (Fsp3) is 0.667. The standard InChI is InChI=1S/C6H9NO3S/c8-5(9)3-4-6(10)7-1-2-11-4/h4H,1-3H2,(H,7,10)(H,8,9)/t4-/m1/s1. The molecule has 4 nitrogen and oxygen atoms in total. The van der Waals surface area contributed by atoms with Crippen LogP contribution < -0.4 is 5.32 Å². The van der Waals surface area contributed by atoms with E-state index in [0.29, 0.717) is 6.54 Å². The summed E-state index contributed by atoms with van der Waals surface area (Å²) in [7, 11) is 0. The Morgan fingerprint density at radius 2 is 2.55 bits per heavy atom. The van der Waals surface area contributed by atoms with E-state index >= 15 is 0 Å². The van der Waals surface area contributed by atoms with E-state index in [1.54, 1.807) is 0 Å². The minimum atomic E-state index is -0.917. The molecule has 1 heterocycles. The normalized spacial score (nSPS) is 24.4. The predicted molar refractivity (Wildman–Crippen MR) is 41.5 cm³/mol. The van der Waals surface area contributed by atoms with Crippen molar-refractivity contribution in [2.24, 2.45) is 0 Å². The summed E-state index contributed by atoms with van der Waals surface area (Å²) in [4.78, 5) is 21.2. The molecule has 0 unspecified atom stereocenters. The SMILES string of the molecule is O=C(O)C[C@H]1SCCNC1=O. The smallest absolute Gasteiger partial charge is 0.305 e. The first-order chi connectivity index (χ1) is 5.20. The van der Waals surface area contributed by atoms with Gasteiger partial charge in [0.1, 0.15) is 0 Å². The number of aliphatic carboxylic acids is 1. The number of hydrogen-bond donors (Lipinski definition) is 2. The third-order valence-corrected chi connectivity index (χ3v) is 2.60. The van der Waals surface area contributed by atoms with Crippen molar-refractivity contribution in [3.05, 3.63) is 0 Å². The zero-order chi connectivity index (χ0) is 8.27. The number of thioether (sulfide) groups is 1. The van der Waals surface area contributed by atoms with E-state index in [2.05, 4.69) is 5.32 Å². The zero-order valence-electron chi connectivity index (χ0n) is 5.87. The summed E-state index contributed by atoms with van der Waals surface area (Å²) in [6.45, 7) is 0.652. The summed E-state index contributed by atoms with van der Waals surface area (Å²) in [6, 6.07) is 0. The lowest BCUT2D eigenvalue weighted by molar-refractivity contribution is -0.138. The fourth-order valence-corrected chi connectivity index (χ4v) is 1.87. The van der Waals surface area contributed by atoms with E-state index < -0.39 is 5.97 Å². The molecule has 1 aliphatic rings. The van der Waals surface area contributed by atoms with E-state index in [0.717, 1.165) is 5.75 Å². The molecule has 0 saturated carbocycles. The molecule has 0 radical (unpaired) electrons. The van der Waals surface area contributed by atoms with Crippen molar-refractivity contribution in [1.29, 1.82) is 0 Å². The molecule has 1 amide bonds. The van der Waals surface area contributed by atoms with Gasteiger partial charge in [-0.3, -0.25) is 9.59 Å². The van der Waals surface area contributed by atoms with Crippen LogP contribution in [0.15, 0.2) is 0 Å². The molecule has 0 aliphatic carbocycles. The van der Waals surface area contributed by atoms with Crippen LogP contribution in [-0.4, -0.2) is 34.5 Å². The van der Waals surface area contributed by atoms with Crippen molar-refractivity contribution in [3.63, 3.8) is 0 Å². The first-order valence-corrected chi connectivity index (χ1v) is 4.36. The van der Waals surface area contributed by atoms with Crippen LogP contribution in [0.5, 0.6) is 0 Å². The Morgan fingerprint density at radius 3 is 3.09 bits per heavy atom. The van der Waals surface area contributed by atoms with Crippen LogP contribution >= 0.6 is 11.8 Å². The molecule has 1 atom stereocenters. The molecule has 1 rings (SSSR count). The lowest BCUT2D eigenvalue weighted by Gasteiger charge is -2.19. The second-order valence-electron chi connectivity index (χ2n) is 2.25. The highest BCUT2D eigenvalue weighted by atomic mass is 32.2. The summed E-state index contributed by atoms with van der Waals surface area (Å²) in [5, 5.41) is 10.6. The number of nitrogens with one attached hydrogen (secondary N) is 1. The number of rotatable bonds is 2. The van der Waals surface area contributed by atoms with Crippen molar-refractivity contribution in [2.75, 3.05) is 12.3 Å². The van der Waals surface area contributed by atoms with Crippen molar-refractivity contribution < 1.29 is 14.7 Å². The van der Waals surface area contributed by atoms with Gasteiger partial charge in [0.15, 0.2) is 0 Å². The summed E-state index contributed by atoms with van der Waals surface area (Å²) in [6.07, 6.45) is -0.0729. The van der Waals surface area contributed by atoms with Crippen molar-refractivity contribution in [2.45, 2.75) is 11.7 Å². The highest BCUT2D eigenvalue weighted by molar-refractivity contribution is 8.00. The van der Waals surface area contributed by atoms with Crippen LogP contribution in [0.1, 0.15) is 6.42 Å². The van der Waals surface area contributed by atoms with Gasteiger partial charge in [0.25, 0.3) is 0 Å². The summed E-state index contributed by atoms with van der Waals surface area (Å²) in [5.74, 6) is -0.257. The highest BCUT2D eigenvalue weighted by Crippen LogP contribution is 2.17. The second-order valence-corrected chi connectivity index (χ2v) is 3.56. The van der Waals surface area contributed by atoms with Crippen LogP contribution in [0.25, 0.3) is 0 Å². The van der Waals surface area contributed by atoms with Crippen LogP contribution in [0.2, 0.25) is 0 Å². The lowest BCUT2D eigenvalue weighted by atomic mass is 10.3. The molecule has 1 saturated heterocycles. The maximum absolute atomic E-state index is 10.9. The van der Waals surface area contributed by atoms with Gasteiger partial charge in [-0.05, 0) is 0 Å². The number of hydrogen-bond acceptors (Lipinski definition) is 3. The molecule has 2 N–H and O–H groups in total. The zero-order valence-corrected chi connectivity index (χ0v) is 6.69. The summed E-state index contributed by atoms with van der Waals surface area (Å²) in [5.41, 5.74) is 0. The van der Waals surface area contributed by atoms with Crippen LogP contribution in [0.3, 0.4) is 0 Å². The molecule has 0 aromatic rings. The van der Waals surface area contributed by atoms with Gasteiger partial charge >= 0.3 is 5.97 Å². The number of carboxylic acid groups (broad SMARTS) is 1. The number of carbonyl (C=O) groups is 2. The molecule has 5 heteroatoms. The van der Waals surface area contributed by atoms with Crippen LogP contribution in [0, 0.1) is 0 Å². The fourth-order valence-electron chi connectivity index (χ4n) is 0.875. The third kappa shape index (κ3) is 2.42. The Morgan fingerprint density at radius 1 is 1.82 bits per heavy atom. The van der Waals surface area contributed by atoms with Gasteiger partial charge in [-0.1, -0.05) is 0 Å². The van der Waals surface area contributed by atoms with Gasteiger partial charge in [-0.25, -0.2) is 0 Å². The van der Waals surface area contributed by atoms with E-state index in [1.807, 2.05) is 0 Å². The van der Waals surface area contributed by atoms with E-state index in [1.165, 1.54) is 11.8 Å². The Hall–Kier alpha value is -0.710. The molecular weight excluding hydrogens is 166 g/mol. The first kappa shape index (κ1) is 8.39. The number of carbonyl (C=O) groups excluding carboxylic acids is 1. The van der Waals surface area contributed by atoms with Crippen molar-refractivity contribution >= 4 is 23.6 Å². The average Bonchev–Trinajstić information content (AvgIpc) is 1.93. The Balaban J connectivity index is 2.42. The van der Waals surface area contributed by atoms with Crippen LogP contribution in [-0.2, 0) is 9.59 Å². The van der Waals surface area contributed by atoms with Gasteiger partial charge in [0.2, 0.25) is 5.91 Å². The molecular formula is C6H9NO3S. The highest BCUT2D eigenvalue weighted by Gasteiger charge is 2.24. The third-order valence-electron chi connectivity index (χ3n) is 1.37. The predicted octanol–water partition coefficient (Wildman–Crippen LogP) is -0.307. The van der Waals surface area contributed by atoms with E-state index in [4.69, 9.17) is 5.11 Å². The quantitative estimate of drug-likeness (QED) is 0.604. The van der Waals surface area contributed by atoms with E-state index in [9.17, 15) is 9.59 Å². The number of carboxylic acids is 1. The van der Waals surface area contributed by atoms with Gasteiger partial charge in [-0.2, -0.15) is 0 Å². The Labute approximate surface area is 68.3 Å². The van der Waals surface area contributed by atoms with Crippen molar-refractivity contribution in [1.82, 2.24) is 5.32 Å². The summed E-state index contributed by atoms with van der Waals surface area (Å²) < 4.78 is 0. The first-order valence-electron chi connectivity index (χ1n) is 3.31. The minimum Gasteiger partial charge on any atom is -0.481 e. The summed E-state index contributed by atoms with van der Waals surface area (Å²) >= 11 is 1.41. The maximum atomic E-state index is 10.9. The topological polar surface area (TPSA) is 66.4 Å². The molecule has 11 heavy (non-hydrogen) atoms. The van der Waals surface area contributed by atoms with Gasteiger partial charge in [0.05, 0.1) is 11.7 Å². The molecule has 0 aromatic heterocycles. The van der Waals surface area contributed by atoms with Gasteiger partial charge in [-0.15, -0.1) is 11.8 Å². The molecule has 0 bridgehead atoms. The average molecular weight is 175 g/mol. The molecule has 0 spiro atoms. The second kappa shape index (κ2) is 3.61. The molecule has 1 fully saturated rings. The molecule has 0 aromatic carbocycles. The monoisotopic (exact) mass is 175 g/mol. The minimum absolute atomic E-state index is 0.0729. The number of amides is 1.